The lowest BCUT2D eigenvalue weighted by Crippen LogP contribution is -2.06. The average Bonchev–Trinajstić information content (AvgIpc) is 2.32. The van der Waals surface area contributed by atoms with E-state index in [1.165, 1.54) is 11.8 Å². The maximum atomic E-state index is 10.9. The standard InChI is InChI=1S/C9H12O2S/c1-3-4-5-6-8-11-9(10)7(2)12-8/h3-8H,1-2H3/b4-3+,6-5+. The molecular weight excluding hydrogens is 172 g/mol. The zero-order chi connectivity index (χ0) is 8.97. The van der Waals surface area contributed by atoms with Gasteiger partial charge in [0.15, 0.2) is 5.44 Å². The smallest absolute Gasteiger partial charge is 0.320 e. The minimum atomic E-state index is -0.116. The number of carbonyl (C=O) groups excluding carboxylic acids is 1. The Balaban J connectivity index is 2.42. The van der Waals surface area contributed by atoms with Crippen molar-refractivity contribution in [3.8, 4) is 0 Å². The number of esters is 1. The lowest BCUT2D eigenvalue weighted by atomic mass is 10.4. The van der Waals surface area contributed by atoms with Gasteiger partial charge in [-0.05, 0) is 19.9 Å². The van der Waals surface area contributed by atoms with E-state index in [4.69, 9.17) is 4.74 Å². The van der Waals surface area contributed by atoms with E-state index in [9.17, 15) is 4.79 Å². The van der Waals surface area contributed by atoms with Crippen molar-refractivity contribution in [2.75, 3.05) is 0 Å². The molecule has 1 aliphatic rings. The van der Waals surface area contributed by atoms with Gasteiger partial charge in [0, 0.05) is 0 Å². The molecule has 1 rings (SSSR count). The van der Waals surface area contributed by atoms with Gasteiger partial charge < -0.3 is 4.74 Å². The van der Waals surface area contributed by atoms with Crippen LogP contribution in [0.1, 0.15) is 13.8 Å². The van der Waals surface area contributed by atoms with Crippen LogP contribution in [0.2, 0.25) is 0 Å². The van der Waals surface area contributed by atoms with Gasteiger partial charge >= 0.3 is 5.97 Å². The molecule has 0 radical (unpaired) electrons. The molecule has 66 valence electrons. The normalized spacial score (nSPS) is 30.3. The minimum absolute atomic E-state index is 0.0229. The Labute approximate surface area is 76.7 Å². The highest BCUT2D eigenvalue weighted by atomic mass is 32.2. The number of rotatable bonds is 2. The van der Waals surface area contributed by atoms with Crippen LogP contribution in [0.5, 0.6) is 0 Å². The number of hydrogen-bond donors (Lipinski definition) is 0. The van der Waals surface area contributed by atoms with Crippen LogP contribution in [0.4, 0.5) is 0 Å². The molecule has 12 heavy (non-hydrogen) atoms. The molecule has 3 heteroatoms. The first-order chi connectivity index (χ1) is 5.74. The first-order valence-electron chi connectivity index (χ1n) is 3.89. The number of hydrogen-bond acceptors (Lipinski definition) is 3. The molecule has 1 saturated heterocycles. The zero-order valence-electron chi connectivity index (χ0n) is 7.19. The number of thioether (sulfide) groups is 1. The van der Waals surface area contributed by atoms with Gasteiger partial charge in [-0.3, -0.25) is 4.79 Å². The van der Waals surface area contributed by atoms with Crippen molar-refractivity contribution >= 4 is 17.7 Å². The van der Waals surface area contributed by atoms with Gasteiger partial charge in [0.1, 0.15) is 5.25 Å². The molecule has 1 aliphatic heterocycles. The molecule has 2 nitrogen and oxygen atoms in total. The summed E-state index contributed by atoms with van der Waals surface area (Å²) in [5.74, 6) is -0.116. The first-order valence-corrected chi connectivity index (χ1v) is 4.83. The Kier molecular flexibility index (Phi) is 3.41. The fourth-order valence-electron chi connectivity index (χ4n) is 0.845. The minimum Gasteiger partial charge on any atom is -0.446 e. The summed E-state index contributed by atoms with van der Waals surface area (Å²) >= 11 is 1.53. The largest absolute Gasteiger partial charge is 0.446 e. The molecule has 1 fully saturated rings. The summed E-state index contributed by atoms with van der Waals surface area (Å²) in [6.45, 7) is 3.80. The Hall–Kier alpha value is -0.700. The Morgan fingerprint density at radius 2 is 2.25 bits per heavy atom. The van der Waals surface area contributed by atoms with Gasteiger partial charge in [0.05, 0.1) is 0 Å². The lowest BCUT2D eigenvalue weighted by molar-refractivity contribution is -0.140. The van der Waals surface area contributed by atoms with E-state index in [0.717, 1.165) is 0 Å². The van der Waals surface area contributed by atoms with E-state index >= 15 is 0 Å². The number of allylic oxidation sites excluding steroid dienone is 3. The average molecular weight is 184 g/mol. The summed E-state index contributed by atoms with van der Waals surface area (Å²) in [5, 5.41) is -0.0229. The van der Waals surface area contributed by atoms with E-state index in [1.807, 2.05) is 38.2 Å². The summed E-state index contributed by atoms with van der Waals surface area (Å²) in [5.41, 5.74) is -0.0938. The van der Waals surface area contributed by atoms with Crippen LogP contribution in [0.25, 0.3) is 0 Å². The monoisotopic (exact) mass is 184 g/mol. The third-order valence-electron chi connectivity index (χ3n) is 1.47. The third kappa shape index (κ3) is 2.41. The summed E-state index contributed by atoms with van der Waals surface area (Å²) in [6, 6.07) is 0. The maximum absolute atomic E-state index is 10.9. The van der Waals surface area contributed by atoms with Crippen LogP contribution in [-0.2, 0) is 9.53 Å². The topological polar surface area (TPSA) is 26.3 Å². The van der Waals surface area contributed by atoms with Gasteiger partial charge in [-0.2, -0.15) is 0 Å². The van der Waals surface area contributed by atoms with E-state index in [-0.39, 0.29) is 16.7 Å². The van der Waals surface area contributed by atoms with Crippen LogP contribution in [-0.4, -0.2) is 16.7 Å². The quantitative estimate of drug-likeness (QED) is 0.485. The second-order valence-electron chi connectivity index (χ2n) is 2.49. The Morgan fingerprint density at radius 3 is 2.75 bits per heavy atom. The van der Waals surface area contributed by atoms with Gasteiger partial charge in [-0.15, -0.1) is 0 Å². The van der Waals surface area contributed by atoms with Crippen molar-refractivity contribution in [1.82, 2.24) is 0 Å². The molecule has 2 unspecified atom stereocenters. The van der Waals surface area contributed by atoms with Crippen molar-refractivity contribution in [3.63, 3.8) is 0 Å². The van der Waals surface area contributed by atoms with Crippen LogP contribution in [0.3, 0.4) is 0 Å². The maximum Gasteiger partial charge on any atom is 0.320 e. The number of carbonyl (C=O) groups is 1. The van der Waals surface area contributed by atoms with Crippen LogP contribution >= 0.6 is 11.8 Å². The molecule has 0 N–H and O–H groups in total. The third-order valence-corrected chi connectivity index (χ3v) is 2.60. The first kappa shape index (κ1) is 9.39. The Morgan fingerprint density at radius 1 is 1.50 bits per heavy atom. The lowest BCUT2D eigenvalue weighted by Gasteiger charge is -1.98. The van der Waals surface area contributed by atoms with Crippen molar-refractivity contribution in [2.45, 2.75) is 24.5 Å². The fourth-order valence-corrected chi connectivity index (χ4v) is 1.75. The SMILES string of the molecule is C/C=C/C=C/C1OC(=O)C(C)S1. The second-order valence-corrected chi connectivity index (χ2v) is 3.94. The highest BCUT2D eigenvalue weighted by Gasteiger charge is 2.29. The number of ether oxygens (including phenoxy) is 1. The summed E-state index contributed by atoms with van der Waals surface area (Å²) in [4.78, 5) is 10.9. The predicted molar refractivity (Wildman–Crippen MR) is 50.9 cm³/mol. The molecule has 0 spiro atoms. The highest BCUT2D eigenvalue weighted by molar-refractivity contribution is 8.01. The predicted octanol–water partition coefficient (Wildman–Crippen LogP) is 2.12. The molecule has 0 bridgehead atoms. The van der Waals surface area contributed by atoms with E-state index in [0.29, 0.717) is 0 Å². The van der Waals surface area contributed by atoms with Crippen LogP contribution in [0.15, 0.2) is 24.3 Å². The summed E-state index contributed by atoms with van der Waals surface area (Å²) in [7, 11) is 0. The fraction of sp³-hybridized carbons (Fsp3) is 0.444. The zero-order valence-corrected chi connectivity index (χ0v) is 8.01. The molecule has 0 amide bonds. The molecule has 1 heterocycles. The van der Waals surface area contributed by atoms with Crippen LogP contribution < -0.4 is 0 Å². The summed E-state index contributed by atoms with van der Waals surface area (Å²) in [6.07, 6.45) is 7.62. The van der Waals surface area contributed by atoms with E-state index in [2.05, 4.69) is 0 Å². The summed E-state index contributed by atoms with van der Waals surface area (Å²) < 4.78 is 5.02. The molecular formula is C9H12O2S. The number of cyclic esters (lactones) is 1. The molecule has 0 saturated carbocycles. The molecule has 0 aromatic rings. The van der Waals surface area contributed by atoms with Gasteiger partial charge in [-0.25, -0.2) is 0 Å². The second kappa shape index (κ2) is 4.36. The molecule has 0 aromatic heterocycles. The highest BCUT2D eigenvalue weighted by Crippen LogP contribution is 2.28. The van der Waals surface area contributed by atoms with Gasteiger partial charge in [0.2, 0.25) is 0 Å². The molecule has 2 atom stereocenters. The Bertz CT molecular complexity index is 221. The molecule has 0 aliphatic carbocycles. The van der Waals surface area contributed by atoms with Crippen molar-refractivity contribution < 1.29 is 9.53 Å². The van der Waals surface area contributed by atoms with Gasteiger partial charge in [-0.1, -0.05) is 30.0 Å². The van der Waals surface area contributed by atoms with Crippen molar-refractivity contribution in [3.05, 3.63) is 24.3 Å². The van der Waals surface area contributed by atoms with Crippen LogP contribution in [0, 0.1) is 0 Å². The van der Waals surface area contributed by atoms with E-state index in [1.54, 1.807) is 0 Å². The van der Waals surface area contributed by atoms with Crippen molar-refractivity contribution in [1.29, 1.82) is 0 Å². The van der Waals surface area contributed by atoms with Crippen molar-refractivity contribution in [2.24, 2.45) is 0 Å². The molecule has 0 aromatic carbocycles. The van der Waals surface area contributed by atoms with Gasteiger partial charge in [0.25, 0.3) is 0 Å². The van der Waals surface area contributed by atoms with E-state index < -0.39 is 0 Å².